The Kier molecular flexibility index (Phi) is 2.88. The highest BCUT2D eigenvalue weighted by molar-refractivity contribution is 7.99. The van der Waals surface area contributed by atoms with Gasteiger partial charge in [0.05, 0.1) is 18.3 Å². The third-order valence-corrected chi connectivity index (χ3v) is 3.57. The molecule has 1 aliphatic heterocycles. The van der Waals surface area contributed by atoms with E-state index < -0.39 is 0 Å². The summed E-state index contributed by atoms with van der Waals surface area (Å²) in [5.74, 6) is 0.985. The molecule has 0 bridgehead atoms. The van der Waals surface area contributed by atoms with E-state index in [1.54, 1.807) is 0 Å². The maximum atomic E-state index is 11.2. The molecule has 3 heteroatoms. The van der Waals surface area contributed by atoms with Gasteiger partial charge in [-0.2, -0.15) is 0 Å². The molecule has 1 aliphatic rings. The van der Waals surface area contributed by atoms with Crippen LogP contribution in [-0.2, 0) is 0 Å². The van der Waals surface area contributed by atoms with Gasteiger partial charge in [0.25, 0.3) is 0 Å². The zero-order valence-electron chi connectivity index (χ0n) is 7.40. The van der Waals surface area contributed by atoms with Gasteiger partial charge < -0.3 is 10.3 Å². The second kappa shape index (κ2) is 4.13. The van der Waals surface area contributed by atoms with Crippen molar-refractivity contribution in [3.05, 3.63) is 41.1 Å². The molecule has 1 saturated heterocycles. The van der Waals surface area contributed by atoms with Crippen LogP contribution in [0, 0.1) is 5.21 Å². The Hall–Kier alpha value is -0.510. The Labute approximate surface area is 82.5 Å². The summed E-state index contributed by atoms with van der Waals surface area (Å²) in [6.45, 7) is 1.47. The van der Waals surface area contributed by atoms with Crippen LogP contribution in [0.1, 0.15) is 10.8 Å². The molecule has 1 fully saturated rings. The summed E-state index contributed by atoms with van der Waals surface area (Å²) in [4.78, 5) is 0. The first kappa shape index (κ1) is 9.06. The molecule has 1 heterocycles. The number of hydroxylamine groups is 2. The van der Waals surface area contributed by atoms with E-state index in [2.05, 4.69) is 12.1 Å². The minimum Gasteiger partial charge on any atom is -0.634 e. The van der Waals surface area contributed by atoms with E-state index in [1.165, 1.54) is 5.56 Å². The maximum Gasteiger partial charge on any atom is 0.0930 e. The Morgan fingerprint density at radius 2 is 2.08 bits per heavy atom. The molecule has 1 aromatic carbocycles. The molecule has 2 atom stereocenters. The van der Waals surface area contributed by atoms with Crippen LogP contribution in [0.25, 0.3) is 0 Å². The molecule has 0 radical (unpaired) electrons. The molecule has 2 nitrogen and oxygen atoms in total. The molecule has 70 valence electrons. The molecule has 0 saturated carbocycles. The van der Waals surface area contributed by atoms with Crippen LogP contribution >= 0.6 is 11.8 Å². The zero-order valence-corrected chi connectivity index (χ0v) is 8.22. The Balaban J connectivity index is 2.08. The van der Waals surface area contributed by atoms with Gasteiger partial charge in [-0.1, -0.05) is 30.3 Å². The van der Waals surface area contributed by atoms with E-state index in [1.807, 2.05) is 30.0 Å². The molecule has 0 aromatic heterocycles. The van der Waals surface area contributed by atoms with Crippen molar-refractivity contribution in [2.75, 3.05) is 18.8 Å². The lowest BCUT2D eigenvalue weighted by atomic mass is 10.1. The summed E-state index contributed by atoms with van der Waals surface area (Å²) in [7, 11) is 0. The second-order valence-corrected chi connectivity index (χ2v) is 4.57. The van der Waals surface area contributed by atoms with Crippen LogP contribution in [0.5, 0.6) is 0 Å². The highest BCUT2D eigenvalue weighted by Crippen LogP contribution is 2.28. The van der Waals surface area contributed by atoms with Crippen LogP contribution in [0.15, 0.2) is 30.3 Å². The van der Waals surface area contributed by atoms with Crippen molar-refractivity contribution in [3.63, 3.8) is 0 Å². The summed E-state index contributed by atoms with van der Waals surface area (Å²) in [5, 5.41) is 12.0. The lowest BCUT2D eigenvalue weighted by Gasteiger charge is -2.31. The van der Waals surface area contributed by atoms with Crippen LogP contribution in [-0.4, -0.2) is 18.8 Å². The second-order valence-electron chi connectivity index (χ2n) is 3.26. The van der Waals surface area contributed by atoms with Crippen molar-refractivity contribution in [2.24, 2.45) is 0 Å². The average Bonchev–Trinajstić information content (AvgIpc) is 2.19. The number of hydrogen-bond donors (Lipinski definition) is 1. The lowest BCUT2D eigenvalue weighted by Crippen LogP contribution is -3.09. The first-order chi connectivity index (χ1) is 6.36. The minimum absolute atomic E-state index is 0.405. The lowest BCUT2D eigenvalue weighted by molar-refractivity contribution is -0.846. The van der Waals surface area contributed by atoms with E-state index in [0.29, 0.717) is 16.9 Å². The smallest absolute Gasteiger partial charge is 0.0930 e. The van der Waals surface area contributed by atoms with Crippen LogP contribution in [0.4, 0.5) is 0 Å². The fourth-order valence-electron chi connectivity index (χ4n) is 1.56. The topological polar surface area (TPSA) is 27.5 Å². The highest BCUT2D eigenvalue weighted by atomic mass is 32.2. The average molecular weight is 195 g/mol. The maximum absolute atomic E-state index is 11.2. The molecule has 1 aromatic rings. The third kappa shape index (κ3) is 2.24. The summed E-state index contributed by atoms with van der Waals surface area (Å²) in [5.41, 5.74) is 1.29. The molecule has 2 unspecified atom stereocenters. The predicted octanol–water partition coefficient (Wildman–Crippen LogP) is 0.857. The van der Waals surface area contributed by atoms with Gasteiger partial charge in [0.1, 0.15) is 0 Å². The monoisotopic (exact) mass is 195 g/mol. The molecule has 1 N–H and O–H groups in total. The van der Waals surface area contributed by atoms with E-state index in [-0.39, 0.29) is 0 Å². The summed E-state index contributed by atoms with van der Waals surface area (Å²) in [6.07, 6.45) is 0. The number of quaternary nitrogens is 1. The SMILES string of the molecule is [O-][NH+]1CCSC(c2ccccc2)C1. The summed E-state index contributed by atoms with van der Waals surface area (Å²) in [6, 6.07) is 10.3. The molecule has 13 heavy (non-hydrogen) atoms. The zero-order chi connectivity index (χ0) is 9.10. The van der Waals surface area contributed by atoms with Crippen molar-refractivity contribution < 1.29 is 5.06 Å². The van der Waals surface area contributed by atoms with E-state index in [0.717, 1.165) is 12.3 Å². The van der Waals surface area contributed by atoms with Crippen molar-refractivity contribution in [2.45, 2.75) is 5.25 Å². The summed E-state index contributed by atoms with van der Waals surface area (Å²) >= 11 is 1.90. The van der Waals surface area contributed by atoms with Crippen molar-refractivity contribution in [1.82, 2.24) is 0 Å². The van der Waals surface area contributed by atoms with E-state index >= 15 is 0 Å². The Bertz CT molecular complexity index is 265. The number of rotatable bonds is 1. The van der Waals surface area contributed by atoms with Gasteiger partial charge in [0.2, 0.25) is 0 Å². The first-order valence-electron chi connectivity index (χ1n) is 4.54. The normalized spacial score (nSPS) is 28.7. The van der Waals surface area contributed by atoms with Crippen LogP contribution < -0.4 is 5.06 Å². The Morgan fingerprint density at radius 3 is 2.77 bits per heavy atom. The molecule has 0 aliphatic carbocycles. The van der Waals surface area contributed by atoms with Gasteiger partial charge in [0, 0.05) is 5.75 Å². The van der Waals surface area contributed by atoms with E-state index in [4.69, 9.17) is 0 Å². The quantitative estimate of drug-likeness (QED) is 0.673. The molecule has 0 spiro atoms. The molecular weight excluding hydrogens is 182 g/mol. The Morgan fingerprint density at radius 1 is 1.31 bits per heavy atom. The standard InChI is InChI=1S/C10H13NOS/c12-11-6-7-13-10(8-11)9-4-2-1-3-5-9/h1-5,10-11H,6-8H2. The van der Waals surface area contributed by atoms with Gasteiger partial charge in [-0.3, -0.25) is 0 Å². The molecular formula is C10H13NOS. The largest absolute Gasteiger partial charge is 0.634 e. The minimum atomic E-state index is 0.405. The molecule has 2 rings (SSSR count). The van der Waals surface area contributed by atoms with Crippen molar-refractivity contribution >= 4 is 11.8 Å². The predicted molar refractivity (Wildman–Crippen MR) is 55.7 cm³/mol. The fourth-order valence-corrected chi connectivity index (χ4v) is 2.85. The summed E-state index contributed by atoms with van der Waals surface area (Å²) < 4.78 is 0. The van der Waals surface area contributed by atoms with Crippen LogP contribution in [0.2, 0.25) is 0 Å². The van der Waals surface area contributed by atoms with E-state index in [9.17, 15) is 5.21 Å². The highest BCUT2D eigenvalue weighted by Gasteiger charge is 2.19. The first-order valence-corrected chi connectivity index (χ1v) is 5.59. The number of benzene rings is 1. The van der Waals surface area contributed by atoms with Gasteiger partial charge in [-0.15, -0.1) is 11.8 Å². The number of nitrogens with one attached hydrogen (secondary N) is 1. The third-order valence-electron chi connectivity index (χ3n) is 2.28. The van der Waals surface area contributed by atoms with Crippen LogP contribution in [0.3, 0.4) is 0 Å². The van der Waals surface area contributed by atoms with Gasteiger partial charge in [-0.05, 0) is 5.56 Å². The van der Waals surface area contributed by atoms with Gasteiger partial charge >= 0.3 is 0 Å². The van der Waals surface area contributed by atoms with Crippen molar-refractivity contribution in [3.8, 4) is 0 Å². The van der Waals surface area contributed by atoms with Crippen molar-refractivity contribution in [1.29, 1.82) is 0 Å². The van der Waals surface area contributed by atoms with Gasteiger partial charge in [-0.25, -0.2) is 0 Å². The number of thioether (sulfide) groups is 1. The fraction of sp³-hybridized carbons (Fsp3) is 0.400. The van der Waals surface area contributed by atoms with Gasteiger partial charge in [0.15, 0.2) is 0 Å². The number of hydrogen-bond acceptors (Lipinski definition) is 2. The molecule has 0 amide bonds.